The normalized spacial score (nSPS) is 11.4. The molecule has 0 saturated carbocycles. The highest BCUT2D eigenvalue weighted by molar-refractivity contribution is 5.87. The van der Waals surface area contributed by atoms with Crippen LogP contribution in [0.15, 0.2) is 78.9 Å². The summed E-state index contributed by atoms with van der Waals surface area (Å²) in [6.45, 7) is 3.52. The van der Waals surface area contributed by atoms with Gasteiger partial charge in [0.1, 0.15) is 5.75 Å². The molecule has 0 saturated heterocycles. The van der Waals surface area contributed by atoms with E-state index in [1.165, 1.54) is 11.6 Å². The van der Waals surface area contributed by atoms with E-state index in [1.807, 2.05) is 6.07 Å². The molecule has 0 aliphatic rings. The molecular formula is C31H41NO7. The Hall–Kier alpha value is -3.27. The number of carboxylic acids is 1. The number of ether oxygens (including phenoxy) is 2. The number of nitrogens with one attached hydrogen (secondary N) is 1. The molecular weight excluding hydrogens is 498 g/mol. The predicted octanol–water partition coefficient (Wildman–Crippen LogP) is 4.34. The van der Waals surface area contributed by atoms with E-state index in [0.29, 0.717) is 43.1 Å². The zero-order chi connectivity index (χ0) is 28.1. The first-order valence-electron chi connectivity index (χ1n) is 13.3. The van der Waals surface area contributed by atoms with Crippen molar-refractivity contribution in [1.29, 1.82) is 0 Å². The SMILES string of the molecule is O=C(O)c1ccccc1.OCc1cc(C(O)CNCCCOCCOCCCCc2ccccc2)ccc1O. The summed E-state index contributed by atoms with van der Waals surface area (Å²) in [5.74, 6) is -0.842. The minimum Gasteiger partial charge on any atom is -0.508 e. The van der Waals surface area contributed by atoms with Gasteiger partial charge in [0.2, 0.25) is 0 Å². The molecule has 1 atom stereocenters. The molecule has 0 aliphatic heterocycles. The lowest BCUT2D eigenvalue weighted by molar-refractivity contribution is 0.0454. The van der Waals surface area contributed by atoms with Crippen molar-refractivity contribution >= 4 is 5.97 Å². The van der Waals surface area contributed by atoms with Crippen LogP contribution in [0.5, 0.6) is 5.75 Å². The molecule has 0 aromatic heterocycles. The van der Waals surface area contributed by atoms with E-state index in [9.17, 15) is 20.1 Å². The molecule has 8 nitrogen and oxygen atoms in total. The molecule has 212 valence electrons. The Balaban J connectivity index is 0.000000499. The molecule has 0 amide bonds. The number of carbonyl (C=O) groups is 1. The lowest BCUT2D eigenvalue weighted by Crippen LogP contribution is -2.23. The molecule has 5 N–H and O–H groups in total. The van der Waals surface area contributed by atoms with Crippen LogP contribution in [0.25, 0.3) is 0 Å². The molecule has 0 radical (unpaired) electrons. The smallest absolute Gasteiger partial charge is 0.335 e. The zero-order valence-electron chi connectivity index (χ0n) is 22.4. The third kappa shape index (κ3) is 13.9. The first kappa shape index (κ1) is 31.9. The van der Waals surface area contributed by atoms with Crippen LogP contribution in [0.2, 0.25) is 0 Å². The standard InChI is InChI=1S/C24H35NO5.C7H6O2/c26-19-22-17-21(10-11-23(22)27)24(28)18-25-12-6-14-30-16-15-29-13-5-4-9-20-7-2-1-3-8-20;8-7(9)6-4-2-1-3-5-6/h1-3,7-8,10-11,17,24-28H,4-6,9,12-16,18-19H2;1-5H,(H,8,9). The van der Waals surface area contributed by atoms with Gasteiger partial charge in [0.25, 0.3) is 0 Å². The molecule has 3 aromatic rings. The van der Waals surface area contributed by atoms with E-state index in [-0.39, 0.29) is 12.4 Å². The molecule has 3 aromatic carbocycles. The summed E-state index contributed by atoms with van der Waals surface area (Å²) in [6, 6.07) is 23.6. The van der Waals surface area contributed by atoms with Gasteiger partial charge >= 0.3 is 5.97 Å². The molecule has 39 heavy (non-hydrogen) atoms. The predicted molar refractivity (Wildman–Crippen MR) is 151 cm³/mol. The van der Waals surface area contributed by atoms with Crippen LogP contribution in [0.4, 0.5) is 0 Å². The van der Waals surface area contributed by atoms with E-state index in [4.69, 9.17) is 14.6 Å². The van der Waals surface area contributed by atoms with Gasteiger partial charge in [-0.2, -0.15) is 0 Å². The van der Waals surface area contributed by atoms with E-state index < -0.39 is 12.1 Å². The van der Waals surface area contributed by atoms with Crippen molar-refractivity contribution in [3.05, 3.63) is 101 Å². The maximum atomic E-state index is 10.2. The Morgan fingerprint density at radius 1 is 0.821 bits per heavy atom. The largest absolute Gasteiger partial charge is 0.508 e. The number of rotatable bonds is 17. The van der Waals surface area contributed by atoms with Crippen LogP contribution < -0.4 is 5.32 Å². The summed E-state index contributed by atoms with van der Waals surface area (Å²) in [4.78, 5) is 10.2. The second kappa shape index (κ2) is 19.7. The van der Waals surface area contributed by atoms with Crippen molar-refractivity contribution in [2.45, 2.75) is 38.4 Å². The summed E-state index contributed by atoms with van der Waals surface area (Å²) >= 11 is 0. The van der Waals surface area contributed by atoms with Gasteiger partial charge in [-0.15, -0.1) is 0 Å². The minimum absolute atomic E-state index is 0.0368. The van der Waals surface area contributed by atoms with Crippen molar-refractivity contribution in [3.8, 4) is 5.75 Å². The van der Waals surface area contributed by atoms with Crippen molar-refractivity contribution in [2.24, 2.45) is 0 Å². The van der Waals surface area contributed by atoms with Gasteiger partial charge in [0.15, 0.2) is 0 Å². The average molecular weight is 540 g/mol. The van der Waals surface area contributed by atoms with Gasteiger partial charge in [-0.25, -0.2) is 4.79 Å². The second-order valence-corrected chi connectivity index (χ2v) is 8.96. The maximum Gasteiger partial charge on any atom is 0.335 e. The number of hydrogen-bond acceptors (Lipinski definition) is 7. The molecule has 0 fully saturated rings. The van der Waals surface area contributed by atoms with Crippen LogP contribution in [0.1, 0.15) is 52.4 Å². The highest BCUT2D eigenvalue weighted by Crippen LogP contribution is 2.22. The van der Waals surface area contributed by atoms with Crippen molar-refractivity contribution < 1.29 is 34.7 Å². The van der Waals surface area contributed by atoms with Crippen LogP contribution in [-0.4, -0.2) is 65.9 Å². The van der Waals surface area contributed by atoms with E-state index >= 15 is 0 Å². The van der Waals surface area contributed by atoms with Crippen LogP contribution in [-0.2, 0) is 22.5 Å². The van der Waals surface area contributed by atoms with E-state index in [2.05, 4.69) is 29.6 Å². The van der Waals surface area contributed by atoms with Gasteiger partial charge in [0, 0.05) is 25.3 Å². The number of aromatic hydroxyl groups is 1. The van der Waals surface area contributed by atoms with Crippen LogP contribution in [0.3, 0.4) is 0 Å². The number of unbranched alkanes of at least 4 members (excludes halogenated alkanes) is 1. The van der Waals surface area contributed by atoms with Gasteiger partial charge < -0.3 is 35.2 Å². The molecule has 0 bridgehead atoms. The molecule has 3 rings (SSSR count). The van der Waals surface area contributed by atoms with Crippen LogP contribution in [0, 0.1) is 0 Å². The highest BCUT2D eigenvalue weighted by atomic mass is 16.5. The summed E-state index contributed by atoms with van der Waals surface area (Å²) in [5, 5.41) is 40.5. The van der Waals surface area contributed by atoms with Crippen molar-refractivity contribution in [2.75, 3.05) is 39.5 Å². The lowest BCUT2D eigenvalue weighted by Gasteiger charge is -2.14. The molecule has 1 unspecified atom stereocenters. The first-order valence-corrected chi connectivity index (χ1v) is 13.3. The van der Waals surface area contributed by atoms with Gasteiger partial charge in [-0.1, -0.05) is 54.6 Å². The zero-order valence-corrected chi connectivity index (χ0v) is 22.4. The Morgan fingerprint density at radius 2 is 1.46 bits per heavy atom. The number of aliphatic hydroxyl groups is 2. The Morgan fingerprint density at radius 3 is 2.08 bits per heavy atom. The number of carboxylic acid groups (broad SMARTS) is 1. The molecule has 0 aliphatic carbocycles. The van der Waals surface area contributed by atoms with Gasteiger partial charge in [-0.05, 0) is 67.6 Å². The fourth-order valence-corrected chi connectivity index (χ4v) is 3.68. The Bertz CT molecular complexity index is 1050. The molecule has 0 spiro atoms. The van der Waals surface area contributed by atoms with E-state index in [1.54, 1.807) is 42.5 Å². The molecule has 0 heterocycles. The quantitative estimate of drug-likeness (QED) is 0.160. The summed E-state index contributed by atoms with van der Waals surface area (Å²) < 4.78 is 11.2. The number of aliphatic hydroxyl groups excluding tert-OH is 2. The summed E-state index contributed by atoms with van der Waals surface area (Å²) in [6.07, 6.45) is 3.45. The maximum absolute atomic E-state index is 10.2. The number of benzene rings is 3. The third-order valence-electron chi connectivity index (χ3n) is 5.88. The van der Waals surface area contributed by atoms with Gasteiger partial charge in [-0.3, -0.25) is 0 Å². The number of hydrogen-bond donors (Lipinski definition) is 5. The first-order chi connectivity index (χ1) is 19.0. The summed E-state index contributed by atoms with van der Waals surface area (Å²) in [5.41, 5.74) is 2.79. The third-order valence-corrected chi connectivity index (χ3v) is 5.88. The summed E-state index contributed by atoms with van der Waals surface area (Å²) in [7, 11) is 0. The topological polar surface area (TPSA) is 128 Å². The second-order valence-electron chi connectivity index (χ2n) is 8.96. The van der Waals surface area contributed by atoms with Crippen molar-refractivity contribution in [1.82, 2.24) is 5.32 Å². The molecule has 8 heteroatoms. The Kier molecular flexibility index (Phi) is 16.2. The Labute approximate surface area is 230 Å². The van der Waals surface area contributed by atoms with Gasteiger partial charge in [0.05, 0.1) is 31.5 Å². The lowest BCUT2D eigenvalue weighted by atomic mass is 10.1. The van der Waals surface area contributed by atoms with Crippen LogP contribution >= 0.6 is 0 Å². The van der Waals surface area contributed by atoms with E-state index in [0.717, 1.165) is 38.8 Å². The fraction of sp³-hybridized carbons (Fsp3) is 0.387. The average Bonchev–Trinajstić information content (AvgIpc) is 2.97. The fourth-order valence-electron chi connectivity index (χ4n) is 3.68. The number of phenols is 1. The number of aromatic carboxylic acids is 1. The minimum atomic E-state index is -0.879. The number of aryl methyl sites for hydroxylation is 1. The monoisotopic (exact) mass is 539 g/mol. The van der Waals surface area contributed by atoms with Crippen molar-refractivity contribution in [3.63, 3.8) is 0 Å². The highest BCUT2D eigenvalue weighted by Gasteiger charge is 2.09.